The Morgan fingerprint density at radius 2 is 2.00 bits per heavy atom. The normalized spacial score (nSPS) is 12.1. The van der Waals surface area contributed by atoms with Crippen LogP contribution in [-0.2, 0) is 16.6 Å². The Morgan fingerprint density at radius 3 is 2.62 bits per heavy atom. The smallest absolute Gasteiger partial charge is 0.213 e. The van der Waals surface area contributed by atoms with E-state index in [2.05, 4.69) is 21.6 Å². The van der Waals surface area contributed by atoms with Crippen molar-refractivity contribution in [3.8, 4) is 0 Å². The molecule has 6 nitrogen and oxygen atoms in total. The van der Waals surface area contributed by atoms with Crippen molar-refractivity contribution in [1.29, 1.82) is 0 Å². The molecule has 1 rings (SSSR count). The molecule has 0 spiro atoms. The van der Waals surface area contributed by atoms with Crippen LogP contribution in [0.25, 0.3) is 0 Å². The summed E-state index contributed by atoms with van der Waals surface area (Å²) in [6.45, 7) is 6.46. The third-order valence-electron chi connectivity index (χ3n) is 2.54. The fourth-order valence-corrected chi connectivity index (χ4v) is 2.35. The predicted octanol–water partition coefficient (Wildman–Crippen LogP) is 0.586. The lowest BCUT2D eigenvalue weighted by Gasteiger charge is -2.08. The number of benzene rings is 1. The van der Waals surface area contributed by atoms with Crippen molar-refractivity contribution in [2.45, 2.75) is 13.5 Å². The van der Waals surface area contributed by atoms with E-state index in [4.69, 9.17) is 5.73 Å². The molecule has 0 saturated heterocycles. The minimum Gasteiger partial charge on any atom is -0.370 e. The Labute approximate surface area is 126 Å². The zero-order chi connectivity index (χ0) is 15.7. The number of sulfonamides is 1. The lowest BCUT2D eigenvalue weighted by Crippen LogP contribution is -2.38. The van der Waals surface area contributed by atoms with Crippen LogP contribution in [0.4, 0.5) is 0 Å². The van der Waals surface area contributed by atoms with Gasteiger partial charge in [0.05, 0.1) is 12.3 Å². The van der Waals surface area contributed by atoms with Crippen molar-refractivity contribution >= 4 is 16.0 Å². The van der Waals surface area contributed by atoms with Gasteiger partial charge in [0.25, 0.3) is 0 Å². The van der Waals surface area contributed by atoms with E-state index in [1.165, 1.54) is 0 Å². The first-order valence-corrected chi connectivity index (χ1v) is 8.24. The number of nitrogens with zero attached hydrogens (tertiary/aromatic N) is 1. The van der Waals surface area contributed by atoms with Crippen molar-refractivity contribution in [3.63, 3.8) is 0 Å². The molecule has 0 saturated carbocycles. The lowest BCUT2D eigenvalue weighted by molar-refractivity contribution is 0.580. The van der Waals surface area contributed by atoms with Crippen molar-refractivity contribution in [2.75, 3.05) is 18.8 Å². The van der Waals surface area contributed by atoms with Crippen LogP contribution in [0.2, 0.25) is 0 Å². The van der Waals surface area contributed by atoms with E-state index in [1.54, 1.807) is 0 Å². The van der Waals surface area contributed by atoms with E-state index in [1.807, 2.05) is 37.3 Å². The van der Waals surface area contributed by atoms with Gasteiger partial charge in [-0.2, -0.15) is 0 Å². The highest BCUT2D eigenvalue weighted by molar-refractivity contribution is 7.89. The number of nitrogens with one attached hydrogen (secondary N) is 2. The Morgan fingerprint density at radius 1 is 1.33 bits per heavy atom. The van der Waals surface area contributed by atoms with Crippen LogP contribution >= 0.6 is 0 Å². The number of nitrogens with two attached hydrogens (primary N) is 1. The third kappa shape index (κ3) is 8.11. The second-order valence-corrected chi connectivity index (χ2v) is 6.64. The first-order valence-electron chi connectivity index (χ1n) is 6.58. The van der Waals surface area contributed by atoms with Gasteiger partial charge < -0.3 is 11.1 Å². The van der Waals surface area contributed by atoms with Crippen LogP contribution in [0.5, 0.6) is 0 Å². The topological polar surface area (TPSA) is 96.6 Å². The first-order chi connectivity index (χ1) is 9.89. The fourth-order valence-electron chi connectivity index (χ4n) is 1.45. The van der Waals surface area contributed by atoms with E-state index < -0.39 is 10.0 Å². The Kier molecular flexibility index (Phi) is 6.90. The molecule has 0 unspecified atom stereocenters. The van der Waals surface area contributed by atoms with Crippen LogP contribution < -0.4 is 15.8 Å². The van der Waals surface area contributed by atoms with Crippen LogP contribution in [0, 0.1) is 0 Å². The van der Waals surface area contributed by atoms with Gasteiger partial charge in [-0.15, -0.1) is 0 Å². The number of hydrogen-bond donors (Lipinski definition) is 3. The SMILES string of the molecule is C=C(C)CN=C(N)NCCS(=O)(=O)NCc1ccccc1. The molecule has 0 fully saturated rings. The fraction of sp³-hybridized carbons (Fsp3) is 0.357. The highest BCUT2D eigenvalue weighted by atomic mass is 32.2. The molecule has 1 aromatic rings. The van der Waals surface area contributed by atoms with Crippen LogP contribution in [0.1, 0.15) is 12.5 Å². The molecular formula is C14H22N4O2S. The molecule has 21 heavy (non-hydrogen) atoms. The summed E-state index contributed by atoms with van der Waals surface area (Å²) in [5.74, 6) is 0.152. The van der Waals surface area contributed by atoms with Crippen LogP contribution in [-0.4, -0.2) is 33.2 Å². The third-order valence-corrected chi connectivity index (χ3v) is 3.86. The second kappa shape index (κ2) is 8.43. The van der Waals surface area contributed by atoms with E-state index in [0.717, 1.165) is 11.1 Å². The first kappa shape index (κ1) is 17.2. The molecule has 0 radical (unpaired) electrons. The molecule has 0 heterocycles. The van der Waals surface area contributed by atoms with Gasteiger partial charge in [0.2, 0.25) is 10.0 Å². The van der Waals surface area contributed by atoms with E-state index in [0.29, 0.717) is 6.54 Å². The molecular weight excluding hydrogens is 288 g/mol. The quantitative estimate of drug-likeness (QED) is 0.372. The van der Waals surface area contributed by atoms with Crippen molar-refractivity contribution in [1.82, 2.24) is 10.0 Å². The van der Waals surface area contributed by atoms with Gasteiger partial charge in [0.1, 0.15) is 0 Å². The molecule has 7 heteroatoms. The Hall–Kier alpha value is -1.86. The molecule has 0 amide bonds. The Balaban J connectivity index is 2.33. The highest BCUT2D eigenvalue weighted by Gasteiger charge is 2.09. The average molecular weight is 310 g/mol. The summed E-state index contributed by atoms with van der Waals surface area (Å²) < 4.78 is 26.1. The Bertz CT molecular complexity index is 582. The summed E-state index contributed by atoms with van der Waals surface area (Å²) in [6.07, 6.45) is 0. The summed E-state index contributed by atoms with van der Waals surface area (Å²) in [5, 5.41) is 2.76. The maximum Gasteiger partial charge on any atom is 0.213 e. The average Bonchev–Trinajstić information content (AvgIpc) is 2.44. The monoisotopic (exact) mass is 310 g/mol. The van der Waals surface area contributed by atoms with Gasteiger partial charge in [0.15, 0.2) is 5.96 Å². The molecule has 0 aromatic heterocycles. The number of rotatable bonds is 8. The number of guanidine groups is 1. The highest BCUT2D eigenvalue weighted by Crippen LogP contribution is 1.98. The molecule has 4 N–H and O–H groups in total. The molecule has 1 aromatic carbocycles. The second-order valence-electron chi connectivity index (χ2n) is 4.71. The maximum absolute atomic E-state index is 11.8. The standard InChI is InChI=1S/C14H22N4O2S/c1-12(2)10-17-14(15)16-8-9-21(19,20)18-11-13-6-4-3-5-7-13/h3-7,18H,1,8-11H2,2H3,(H3,15,16,17). The van der Waals surface area contributed by atoms with Gasteiger partial charge in [-0.25, -0.2) is 18.1 Å². The predicted molar refractivity (Wildman–Crippen MR) is 86.4 cm³/mol. The maximum atomic E-state index is 11.8. The molecule has 116 valence electrons. The van der Waals surface area contributed by atoms with E-state index in [-0.39, 0.29) is 24.8 Å². The number of aliphatic imine (C=N–C) groups is 1. The van der Waals surface area contributed by atoms with E-state index >= 15 is 0 Å². The molecule has 0 aliphatic carbocycles. The molecule has 0 aliphatic heterocycles. The van der Waals surface area contributed by atoms with Crippen molar-refractivity contribution < 1.29 is 8.42 Å². The zero-order valence-corrected chi connectivity index (χ0v) is 13.0. The van der Waals surface area contributed by atoms with Crippen LogP contribution in [0.3, 0.4) is 0 Å². The summed E-state index contributed by atoms with van der Waals surface area (Å²) in [5.41, 5.74) is 7.40. The van der Waals surface area contributed by atoms with Crippen LogP contribution in [0.15, 0.2) is 47.5 Å². The van der Waals surface area contributed by atoms with E-state index in [9.17, 15) is 8.42 Å². The summed E-state index contributed by atoms with van der Waals surface area (Å²) in [4.78, 5) is 4.01. The summed E-state index contributed by atoms with van der Waals surface area (Å²) in [7, 11) is -3.35. The molecule has 0 aliphatic rings. The van der Waals surface area contributed by atoms with Gasteiger partial charge in [-0.1, -0.05) is 42.5 Å². The van der Waals surface area contributed by atoms with Crippen molar-refractivity contribution in [2.24, 2.45) is 10.7 Å². The number of hydrogen-bond acceptors (Lipinski definition) is 3. The summed E-state index contributed by atoms with van der Waals surface area (Å²) >= 11 is 0. The van der Waals surface area contributed by atoms with Gasteiger partial charge in [0, 0.05) is 13.1 Å². The zero-order valence-electron chi connectivity index (χ0n) is 12.2. The van der Waals surface area contributed by atoms with Gasteiger partial charge in [-0.3, -0.25) is 0 Å². The largest absolute Gasteiger partial charge is 0.370 e. The van der Waals surface area contributed by atoms with Gasteiger partial charge in [-0.05, 0) is 12.5 Å². The molecule has 0 bridgehead atoms. The van der Waals surface area contributed by atoms with Crippen molar-refractivity contribution in [3.05, 3.63) is 48.0 Å². The summed E-state index contributed by atoms with van der Waals surface area (Å²) in [6, 6.07) is 9.34. The van der Waals surface area contributed by atoms with Gasteiger partial charge >= 0.3 is 0 Å². The lowest BCUT2D eigenvalue weighted by atomic mass is 10.2. The minimum atomic E-state index is -3.35. The molecule has 0 atom stereocenters. The minimum absolute atomic E-state index is 0.0663.